The smallest absolute Gasteiger partial charge is 0.371 e. The van der Waals surface area contributed by atoms with Gasteiger partial charge in [0.25, 0.3) is 10.0 Å². The molecule has 4 N–H and O–H groups in total. The Morgan fingerprint density at radius 1 is 1.26 bits per heavy atom. The molecule has 1 aromatic heterocycles. The van der Waals surface area contributed by atoms with Gasteiger partial charge in [-0.3, -0.25) is 0 Å². The largest absolute Gasteiger partial charge is 0.475 e. The fourth-order valence-electron chi connectivity index (χ4n) is 3.97. The van der Waals surface area contributed by atoms with Gasteiger partial charge in [0.2, 0.25) is 10.9 Å². The molecule has 0 saturated carbocycles. The monoisotopic (exact) mass is 391 g/mol. The maximum absolute atomic E-state index is 12.8. The number of aromatic carboxylic acids is 1. The maximum atomic E-state index is 12.8. The number of nitrogens with zero attached hydrogens (tertiary/aromatic N) is 1. The molecule has 0 unspecified atom stereocenters. The number of piperidine rings is 1. The molecule has 27 heavy (non-hydrogen) atoms. The van der Waals surface area contributed by atoms with E-state index in [1.807, 2.05) is 12.1 Å². The Morgan fingerprint density at radius 3 is 2.63 bits per heavy atom. The van der Waals surface area contributed by atoms with Crippen molar-refractivity contribution in [2.45, 2.75) is 29.9 Å². The number of sulfonamides is 1. The van der Waals surface area contributed by atoms with Crippen LogP contribution in [0.2, 0.25) is 0 Å². The minimum absolute atomic E-state index is 0.109. The summed E-state index contributed by atoms with van der Waals surface area (Å²) in [5, 5.41) is 12.0. The Hall–Kier alpha value is -2.36. The van der Waals surface area contributed by atoms with Gasteiger partial charge in [-0.1, -0.05) is 12.1 Å². The Kier molecular flexibility index (Phi) is 4.25. The molecule has 1 saturated heterocycles. The average Bonchev–Trinajstić information content (AvgIpc) is 3.29. The van der Waals surface area contributed by atoms with E-state index in [-0.39, 0.29) is 16.3 Å². The number of furan rings is 1. The van der Waals surface area contributed by atoms with Crippen LogP contribution in [0.1, 0.15) is 34.5 Å². The summed E-state index contributed by atoms with van der Waals surface area (Å²) in [7, 11) is -3.85. The summed E-state index contributed by atoms with van der Waals surface area (Å²) < 4.78 is 31.9. The van der Waals surface area contributed by atoms with Crippen LogP contribution in [0.25, 0.3) is 0 Å². The van der Waals surface area contributed by atoms with E-state index in [1.54, 1.807) is 0 Å². The minimum Gasteiger partial charge on any atom is -0.475 e. The van der Waals surface area contributed by atoms with Gasteiger partial charge in [-0.2, -0.15) is 4.31 Å². The summed E-state index contributed by atoms with van der Waals surface area (Å²) in [6.45, 7) is 1.93. The molecule has 144 valence electrons. The fraction of sp³-hybridized carbons (Fsp3) is 0.389. The summed E-state index contributed by atoms with van der Waals surface area (Å²) in [5.74, 6) is -1.68. The van der Waals surface area contributed by atoms with Gasteiger partial charge in [0.1, 0.15) is 0 Å². The van der Waals surface area contributed by atoms with Crippen molar-refractivity contribution in [2.75, 3.05) is 25.0 Å². The molecule has 0 atom stereocenters. The van der Waals surface area contributed by atoms with Gasteiger partial charge >= 0.3 is 5.97 Å². The van der Waals surface area contributed by atoms with Crippen LogP contribution in [0.4, 0.5) is 5.69 Å². The van der Waals surface area contributed by atoms with E-state index >= 15 is 0 Å². The molecule has 1 fully saturated rings. The molecule has 4 rings (SSSR count). The third-order valence-corrected chi connectivity index (χ3v) is 7.35. The van der Waals surface area contributed by atoms with Gasteiger partial charge in [-0.25, -0.2) is 13.2 Å². The molecule has 0 radical (unpaired) electrons. The van der Waals surface area contributed by atoms with Crippen LogP contribution in [0.3, 0.4) is 0 Å². The second kappa shape index (κ2) is 6.36. The molecule has 3 heterocycles. The third-order valence-electron chi connectivity index (χ3n) is 5.57. The Balaban J connectivity index is 1.55. The van der Waals surface area contributed by atoms with Crippen LogP contribution in [-0.2, 0) is 22.0 Å². The first-order valence-corrected chi connectivity index (χ1v) is 10.2. The summed E-state index contributed by atoms with van der Waals surface area (Å²) >= 11 is 0. The number of hydrogen-bond donors (Lipinski definition) is 3. The summed E-state index contributed by atoms with van der Waals surface area (Å²) in [4.78, 5) is 10.9. The van der Waals surface area contributed by atoms with E-state index < -0.39 is 16.0 Å². The van der Waals surface area contributed by atoms with Crippen LogP contribution in [0, 0.1) is 0 Å². The Bertz CT molecular complexity index is 990. The molecule has 0 aliphatic carbocycles. The number of anilines is 1. The highest BCUT2D eigenvalue weighted by Crippen LogP contribution is 2.45. The average molecular weight is 391 g/mol. The third kappa shape index (κ3) is 2.91. The highest BCUT2D eigenvalue weighted by atomic mass is 32.2. The van der Waals surface area contributed by atoms with Crippen molar-refractivity contribution < 1.29 is 22.7 Å². The minimum atomic E-state index is -3.85. The number of carbonyl (C=O) groups is 1. The lowest BCUT2D eigenvalue weighted by molar-refractivity contribution is 0.0656. The second-order valence-electron chi connectivity index (χ2n) is 7.05. The van der Waals surface area contributed by atoms with E-state index in [1.165, 1.54) is 15.9 Å². The number of carboxylic acid groups (broad SMARTS) is 1. The zero-order valence-electron chi connectivity index (χ0n) is 14.6. The van der Waals surface area contributed by atoms with Gasteiger partial charge < -0.3 is 20.6 Å². The lowest BCUT2D eigenvalue weighted by atomic mass is 9.74. The fourth-order valence-corrected chi connectivity index (χ4v) is 5.33. The molecule has 0 bridgehead atoms. The highest BCUT2D eigenvalue weighted by Gasteiger charge is 2.44. The van der Waals surface area contributed by atoms with E-state index in [0.29, 0.717) is 32.5 Å². The zero-order chi connectivity index (χ0) is 19.2. The van der Waals surface area contributed by atoms with Gasteiger partial charge in [0.05, 0.1) is 0 Å². The van der Waals surface area contributed by atoms with Crippen LogP contribution < -0.4 is 11.1 Å². The number of hydrogen-bond acceptors (Lipinski definition) is 6. The van der Waals surface area contributed by atoms with Crippen LogP contribution in [0.5, 0.6) is 0 Å². The molecule has 2 aliphatic heterocycles. The number of carboxylic acids is 1. The van der Waals surface area contributed by atoms with E-state index in [9.17, 15) is 13.2 Å². The number of nitrogens with one attached hydrogen (secondary N) is 1. The Labute approximate surface area is 157 Å². The van der Waals surface area contributed by atoms with Crippen molar-refractivity contribution in [3.8, 4) is 0 Å². The van der Waals surface area contributed by atoms with Crippen LogP contribution >= 0.6 is 0 Å². The first-order valence-electron chi connectivity index (χ1n) is 8.76. The van der Waals surface area contributed by atoms with Crippen molar-refractivity contribution in [3.05, 3.63) is 47.2 Å². The predicted octanol–water partition coefficient (Wildman–Crippen LogP) is 1.58. The SMILES string of the molecule is NCc1ccc2c(c1)C1(CCN(S(=O)(=O)c3ccc(C(=O)O)o3)CC1)CN2. The second-order valence-corrected chi connectivity index (χ2v) is 8.91. The van der Waals surface area contributed by atoms with Gasteiger partial charge in [-0.15, -0.1) is 0 Å². The van der Waals surface area contributed by atoms with Gasteiger partial charge in [0.15, 0.2) is 0 Å². The lowest BCUT2D eigenvalue weighted by Crippen LogP contribution is -2.46. The van der Waals surface area contributed by atoms with E-state index in [0.717, 1.165) is 23.9 Å². The van der Waals surface area contributed by atoms with Crippen LogP contribution in [-0.4, -0.2) is 43.4 Å². The van der Waals surface area contributed by atoms with Crippen molar-refractivity contribution >= 4 is 21.7 Å². The summed E-state index contributed by atoms with van der Waals surface area (Å²) in [6.07, 6.45) is 1.35. The first kappa shape index (κ1) is 18.0. The molecule has 8 nitrogen and oxygen atoms in total. The van der Waals surface area contributed by atoms with Crippen molar-refractivity contribution in [2.24, 2.45) is 5.73 Å². The van der Waals surface area contributed by atoms with Crippen molar-refractivity contribution in [1.82, 2.24) is 4.31 Å². The first-order chi connectivity index (χ1) is 12.9. The van der Waals surface area contributed by atoms with Crippen molar-refractivity contribution in [3.63, 3.8) is 0 Å². The molecule has 9 heteroatoms. The molecule has 2 aromatic rings. The molecular weight excluding hydrogens is 370 g/mol. The molecule has 0 amide bonds. The van der Waals surface area contributed by atoms with E-state index in [2.05, 4.69) is 11.4 Å². The molecule has 2 aliphatic rings. The predicted molar refractivity (Wildman–Crippen MR) is 98.2 cm³/mol. The quantitative estimate of drug-likeness (QED) is 0.722. The number of rotatable bonds is 4. The topological polar surface area (TPSA) is 126 Å². The zero-order valence-corrected chi connectivity index (χ0v) is 15.5. The molecule has 1 spiro atoms. The normalized spacial score (nSPS) is 19.0. The summed E-state index contributed by atoms with van der Waals surface area (Å²) in [5.41, 5.74) is 9.00. The van der Waals surface area contributed by atoms with Gasteiger partial charge in [-0.05, 0) is 42.2 Å². The van der Waals surface area contributed by atoms with Crippen molar-refractivity contribution in [1.29, 1.82) is 0 Å². The number of fused-ring (bicyclic) bond motifs is 2. The molecule has 1 aromatic carbocycles. The Morgan fingerprint density at radius 2 is 2.00 bits per heavy atom. The lowest BCUT2D eigenvalue weighted by Gasteiger charge is -2.38. The van der Waals surface area contributed by atoms with Crippen LogP contribution in [0.15, 0.2) is 39.8 Å². The number of nitrogens with two attached hydrogens (primary N) is 1. The van der Waals surface area contributed by atoms with E-state index in [4.69, 9.17) is 15.3 Å². The highest BCUT2D eigenvalue weighted by molar-refractivity contribution is 7.89. The number of benzene rings is 1. The van der Waals surface area contributed by atoms with Gasteiger partial charge in [0, 0.05) is 37.3 Å². The maximum Gasteiger partial charge on any atom is 0.371 e. The summed E-state index contributed by atoms with van der Waals surface area (Å²) in [6, 6.07) is 8.51. The standard InChI is InChI=1S/C18H21N3O5S/c19-10-12-1-2-14-13(9-12)18(11-20-14)5-7-21(8-6-18)27(24,25)16-4-3-15(26-16)17(22)23/h1-4,9,20H,5-8,10-11,19H2,(H,22,23). The molecular formula is C18H21N3O5S.